The molecular formula is C7H7ClO3. The van der Waals surface area contributed by atoms with E-state index < -0.39 is 5.97 Å². The maximum Gasteiger partial charge on any atom is 0.303 e. The van der Waals surface area contributed by atoms with Crippen LogP contribution in [-0.2, 0) is 11.2 Å². The van der Waals surface area contributed by atoms with Gasteiger partial charge in [0.25, 0.3) is 0 Å². The van der Waals surface area contributed by atoms with E-state index in [0.29, 0.717) is 6.42 Å². The lowest BCUT2D eigenvalue weighted by molar-refractivity contribution is -0.136. The Morgan fingerprint density at radius 3 is 2.91 bits per heavy atom. The number of aryl methyl sites for hydroxylation is 1. The first kappa shape index (κ1) is 8.14. The van der Waals surface area contributed by atoms with Crippen LogP contribution in [0.15, 0.2) is 16.7 Å². The van der Waals surface area contributed by atoms with Crippen molar-refractivity contribution < 1.29 is 14.3 Å². The quantitative estimate of drug-likeness (QED) is 0.762. The number of halogens is 1. The highest BCUT2D eigenvalue weighted by Crippen LogP contribution is 2.17. The first-order valence-electron chi connectivity index (χ1n) is 3.14. The van der Waals surface area contributed by atoms with Crippen LogP contribution in [0.1, 0.15) is 12.0 Å². The van der Waals surface area contributed by atoms with Crippen LogP contribution >= 0.6 is 11.6 Å². The third-order valence-electron chi connectivity index (χ3n) is 1.30. The largest absolute Gasteiger partial charge is 0.481 e. The van der Waals surface area contributed by atoms with Crippen molar-refractivity contribution in [3.63, 3.8) is 0 Å². The van der Waals surface area contributed by atoms with Gasteiger partial charge in [-0.05, 0) is 24.1 Å². The van der Waals surface area contributed by atoms with E-state index in [2.05, 4.69) is 0 Å². The Labute approximate surface area is 68.6 Å². The van der Waals surface area contributed by atoms with E-state index in [-0.39, 0.29) is 11.6 Å². The zero-order valence-electron chi connectivity index (χ0n) is 5.71. The number of hydrogen-bond acceptors (Lipinski definition) is 2. The minimum Gasteiger partial charge on any atom is -0.481 e. The Balaban J connectivity index is 2.51. The fourth-order valence-electron chi connectivity index (χ4n) is 0.740. The van der Waals surface area contributed by atoms with Gasteiger partial charge in [-0.1, -0.05) is 0 Å². The van der Waals surface area contributed by atoms with E-state index >= 15 is 0 Å². The van der Waals surface area contributed by atoms with Gasteiger partial charge < -0.3 is 9.52 Å². The summed E-state index contributed by atoms with van der Waals surface area (Å²) < 4.78 is 4.77. The first-order valence-corrected chi connectivity index (χ1v) is 3.51. The van der Waals surface area contributed by atoms with Gasteiger partial charge in [-0.2, -0.15) is 0 Å². The predicted octanol–water partition coefficient (Wildman–Crippen LogP) is 1.95. The van der Waals surface area contributed by atoms with Gasteiger partial charge >= 0.3 is 5.97 Å². The second-order valence-electron chi connectivity index (χ2n) is 2.11. The lowest BCUT2D eigenvalue weighted by Gasteiger charge is -1.91. The molecule has 0 fully saturated rings. The minimum absolute atomic E-state index is 0.0826. The van der Waals surface area contributed by atoms with Crippen LogP contribution < -0.4 is 0 Å². The molecule has 0 radical (unpaired) electrons. The third kappa shape index (κ3) is 2.27. The van der Waals surface area contributed by atoms with Crippen LogP contribution in [0.5, 0.6) is 0 Å². The van der Waals surface area contributed by atoms with Gasteiger partial charge in [-0.25, -0.2) is 0 Å². The number of aliphatic carboxylic acids is 1. The molecule has 11 heavy (non-hydrogen) atoms. The zero-order chi connectivity index (χ0) is 8.27. The first-order chi connectivity index (χ1) is 5.20. The van der Waals surface area contributed by atoms with Crippen molar-refractivity contribution >= 4 is 17.6 Å². The lowest BCUT2D eigenvalue weighted by atomic mass is 10.2. The van der Waals surface area contributed by atoms with Gasteiger partial charge in [-0.15, -0.1) is 0 Å². The summed E-state index contributed by atoms with van der Waals surface area (Å²) in [7, 11) is 0. The summed E-state index contributed by atoms with van der Waals surface area (Å²) in [4.78, 5) is 10.1. The number of carbonyl (C=O) groups is 1. The lowest BCUT2D eigenvalue weighted by Crippen LogP contribution is -1.96. The van der Waals surface area contributed by atoms with Gasteiger partial charge in [-0.3, -0.25) is 4.79 Å². The summed E-state index contributed by atoms with van der Waals surface area (Å²) in [5, 5.41) is 8.61. The fourth-order valence-corrected chi connectivity index (χ4v) is 0.949. The molecule has 0 saturated heterocycles. The van der Waals surface area contributed by atoms with Gasteiger partial charge in [0, 0.05) is 12.0 Å². The number of carboxylic acid groups (broad SMARTS) is 1. The molecule has 0 aromatic carbocycles. The van der Waals surface area contributed by atoms with Crippen LogP contribution in [0.4, 0.5) is 0 Å². The number of furan rings is 1. The van der Waals surface area contributed by atoms with E-state index in [1.165, 1.54) is 6.26 Å². The van der Waals surface area contributed by atoms with E-state index in [0.717, 1.165) is 5.56 Å². The number of carboxylic acids is 1. The topological polar surface area (TPSA) is 50.4 Å². The van der Waals surface area contributed by atoms with Crippen molar-refractivity contribution in [2.45, 2.75) is 12.8 Å². The molecule has 0 aliphatic rings. The van der Waals surface area contributed by atoms with Crippen LogP contribution in [0, 0.1) is 0 Å². The monoisotopic (exact) mass is 174 g/mol. The average Bonchev–Trinajstić information content (AvgIpc) is 2.31. The predicted molar refractivity (Wildman–Crippen MR) is 39.7 cm³/mol. The van der Waals surface area contributed by atoms with Crippen molar-refractivity contribution in [3.8, 4) is 0 Å². The molecule has 1 rings (SSSR count). The van der Waals surface area contributed by atoms with Crippen molar-refractivity contribution in [3.05, 3.63) is 23.1 Å². The van der Waals surface area contributed by atoms with Gasteiger partial charge in [0.2, 0.25) is 0 Å². The van der Waals surface area contributed by atoms with Gasteiger partial charge in [0.05, 0.1) is 6.26 Å². The SMILES string of the molecule is O=C(O)CCc1ccoc1Cl. The Hall–Kier alpha value is -0.960. The number of hydrogen-bond donors (Lipinski definition) is 1. The molecule has 1 aromatic heterocycles. The Kier molecular flexibility index (Phi) is 2.54. The standard InChI is InChI=1S/C7H7ClO3/c8-7-5(3-4-11-7)1-2-6(9)10/h3-4H,1-2H2,(H,9,10). The Morgan fingerprint density at radius 1 is 1.73 bits per heavy atom. The van der Waals surface area contributed by atoms with Crippen LogP contribution in [0.25, 0.3) is 0 Å². The summed E-state index contributed by atoms with van der Waals surface area (Å²) in [5.74, 6) is -0.831. The molecule has 0 spiro atoms. The highest BCUT2D eigenvalue weighted by Gasteiger charge is 2.04. The molecule has 1 heterocycles. The normalized spacial score (nSPS) is 9.91. The van der Waals surface area contributed by atoms with Crippen LogP contribution in [0.3, 0.4) is 0 Å². The minimum atomic E-state index is -0.831. The second kappa shape index (κ2) is 3.44. The molecule has 3 nitrogen and oxygen atoms in total. The van der Waals surface area contributed by atoms with Crippen molar-refractivity contribution in [1.82, 2.24) is 0 Å². The molecule has 1 aromatic rings. The summed E-state index contributed by atoms with van der Waals surface area (Å²) in [6.45, 7) is 0. The molecule has 0 atom stereocenters. The Bertz CT molecular complexity index is 254. The highest BCUT2D eigenvalue weighted by atomic mass is 35.5. The summed E-state index contributed by atoms with van der Waals surface area (Å²) >= 11 is 5.56. The molecule has 0 saturated carbocycles. The molecular weight excluding hydrogens is 168 g/mol. The summed E-state index contributed by atoms with van der Waals surface area (Å²) in [6, 6.07) is 1.67. The molecule has 0 amide bonds. The van der Waals surface area contributed by atoms with E-state index in [1.54, 1.807) is 6.07 Å². The van der Waals surface area contributed by atoms with E-state index in [9.17, 15) is 4.79 Å². The summed E-state index contributed by atoms with van der Waals surface area (Å²) in [5.41, 5.74) is 0.745. The Morgan fingerprint density at radius 2 is 2.45 bits per heavy atom. The van der Waals surface area contributed by atoms with Crippen molar-refractivity contribution in [2.75, 3.05) is 0 Å². The van der Waals surface area contributed by atoms with Crippen molar-refractivity contribution in [2.24, 2.45) is 0 Å². The van der Waals surface area contributed by atoms with E-state index in [1.807, 2.05) is 0 Å². The number of rotatable bonds is 3. The molecule has 1 N–H and O–H groups in total. The molecule has 0 unspecified atom stereocenters. The maximum absolute atomic E-state index is 10.1. The molecule has 0 bridgehead atoms. The van der Waals surface area contributed by atoms with Crippen LogP contribution in [-0.4, -0.2) is 11.1 Å². The van der Waals surface area contributed by atoms with Gasteiger partial charge in [0.1, 0.15) is 0 Å². The molecule has 4 heteroatoms. The fraction of sp³-hybridized carbons (Fsp3) is 0.286. The maximum atomic E-state index is 10.1. The van der Waals surface area contributed by atoms with Gasteiger partial charge in [0.15, 0.2) is 5.22 Å². The average molecular weight is 175 g/mol. The van der Waals surface area contributed by atoms with Crippen molar-refractivity contribution in [1.29, 1.82) is 0 Å². The van der Waals surface area contributed by atoms with Crippen LogP contribution in [0.2, 0.25) is 5.22 Å². The zero-order valence-corrected chi connectivity index (χ0v) is 6.47. The smallest absolute Gasteiger partial charge is 0.303 e. The molecule has 0 aliphatic heterocycles. The second-order valence-corrected chi connectivity index (χ2v) is 2.46. The third-order valence-corrected chi connectivity index (χ3v) is 1.63. The van der Waals surface area contributed by atoms with E-state index in [4.69, 9.17) is 21.1 Å². The molecule has 60 valence electrons. The summed E-state index contributed by atoms with van der Waals surface area (Å²) in [6.07, 6.45) is 1.95. The highest BCUT2D eigenvalue weighted by molar-refractivity contribution is 6.29. The molecule has 0 aliphatic carbocycles.